The number of halogens is 1. The number of benzene rings is 1. The van der Waals surface area contributed by atoms with E-state index < -0.39 is 0 Å². The Morgan fingerprint density at radius 2 is 2.17 bits per heavy atom. The Kier molecular flexibility index (Phi) is 2.67. The number of hydrogen-bond donors (Lipinski definition) is 2. The summed E-state index contributed by atoms with van der Waals surface area (Å²) in [5.74, 6) is 5.02. The minimum absolute atomic E-state index is 0.275. The summed E-state index contributed by atoms with van der Waals surface area (Å²) < 4.78 is 12.5. The summed E-state index contributed by atoms with van der Waals surface area (Å²) in [7, 11) is 0. The molecule has 0 aromatic heterocycles. The van der Waals surface area contributed by atoms with E-state index in [1.54, 1.807) is 0 Å². The van der Waals surface area contributed by atoms with E-state index in [1.807, 2.05) is 0 Å². The molecule has 0 atom stereocenters. The van der Waals surface area contributed by atoms with Crippen LogP contribution in [0.2, 0.25) is 0 Å². The minimum atomic E-state index is -0.356. The highest BCUT2D eigenvalue weighted by Gasteiger charge is 1.95. The molecule has 0 aliphatic heterocycles. The number of nitrogens with two attached hydrogens (primary N) is 2. The van der Waals surface area contributed by atoms with E-state index in [1.165, 1.54) is 18.2 Å². The average molecular weight is 164 g/mol. The zero-order valence-electron chi connectivity index (χ0n) is 6.47. The Balaban J connectivity index is 3.01. The van der Waals surface area contributed by atoms with Crippen LogP contribution >= 0.6 is 0 Å². The van der Waals surface area contributed by atoms with Gasteiger partial charge < -0.3 is 11.5 Å². The largest absolute Gasteiger partial charge is 0.398 e. The van der Waals surface area contributed by atoms with E-state index in [2.05, 4.69) is 11.8 Å². The van der Waals surface area contributed by atoms with Crippen LogP contribution in [0.25, 0.3) is 0 Å². The lowest BCUT2D eigenvalue weighted by molar-refractivity contribution is 0.628. The van der Waals surface area contributed by atoms with Gasteiger partial charge in [0.1, 0.15) is 5.82 Å². The molecule has 0 saturated carbocycles. The Morgan fingerprint density at radius 1 is 1.42 bits per heavy atom. The highest BCUT2D eigenvalue weighted by atomic mass is 19.1. The summed E-state index contributed by atoms with van der Waals surface area (Å²) in [5.41, 5.74) is 11.6. The maximum absolute atomic E-state index is 12.5. The molecule has 0 amide bonds. The van der Waals surface area contributed by atoms with Gasteiger partial charge in [-0.15, -0.1) is 0 Å². The van der Waals surface area contributed by atoms with Gasteiger partial charge in [0.05, 0.1) is 12.2 Å². The van der Waals surface area contributed by atoms with Gasteiger partial charge in [-0.2, -0.15) is 0 Å². The molecule has 0 heterocycles. The van der Waals surface area contributed by atoms with E-state index in [-0.39, 0.29) is 12.4 Å². The predicted molar refractivity (Wildman–Crippen MR) is 46.7 cm³/mol. The van der Waals surface area contributed by atoms with Gasteiger partial charge in [-0.3, -0.25) is 0 Å². The fraction of sp³-hybridized carbons (Fsp3) is 0.111. The molecule has 62 valence electrons. The molecule has 0 unspecified atom stereocenters. The van der Waals surface area contributed by atoms with Crippen LogP contribution in [-0.4, -0.2) is 6.54 Å². The molecule has 1 aromatic carbocycles. The number of hydrogen-bond acceptors (Lipinski definition) is 2. The molecule has 0 aliphatic rings. The van der Waals surface area contributed by atoms with Crippen LogP contribution in [0.15, 0.2) is 18.2 Å². The molecule has 4 N–H and O–H groups in total. The summed E-state index contributed by atoms with van der Waals surface area (Å²) in [6, 6.07) is 4.09. The summed E-state index contributed by atoms with van der Waals surface area (Å²) in [6.07, 6.45) is 0. The molecule has 1 rings (SSSR count). The van der Waals surface area contributed by atoms with E-state index in [0.29, 0.717) is 11.3 Å². The first-order chi connectivity index (χ1) is 5.74. The molecular weight excluding hydrogens is 155 g/mol. The fourth-order valence-electron chi connectivity index (χ4n) is 0.794. The average Bonchev–Trinajstić information content (AvgIpc) is 2.03. The first-order valence-electron chi connectivity index (χ1n) is 3.48. The Morgan fingerprint density at radius 3 is 2.75 bits per heavy atom. The van der Waals surface area contributed by atoms with Gasteiger partial charge in [0, 0.05) is 5.56 Å². The lowest BCUT2D eigenvalue weighted by Crippen LogP contribution is -1.95. The molecule has 0 fully saturated rings. The van der Waals surface area contributed by atoms with Crippen LogP contribution in [0.5, 0.6) is 0 Å². The zero-order chi connectivity index (χ0) is 8.97. The Labute approximate surface area is 70.4 Å². The van der Waals surface area contributed by atoms with Crippen molar-refractivity contribution in [3.63, 3.8) is 0 Å². The maximum atomic E-state index is 12.5. The Hall–Kier alpha value is -1.53. The highest BCUT2D eigenvalue weighted by Crippen LogP contribution is 2.11. The van der Waals surface area contributed by atoms with Gasteiger partial charge in [-0.1, -0.05) is 11.8 Å². The molecule has 12 heavy (non-hydrogen) atoms. The summed E-state index contributed by atoms with van der Waals surface area (Å²) in [6.45, 7) is 0.275. The van der Waals surface area contributed by atoms with E-state index >= 15 is 0 Å². The third kappa shape index (κ3) is 1.97. The summed E-state index contributed by atoms with van der Waals surface area (Å²) in [4.78, 5) is 0. The van der Waals surface area contributed by atoms with Crippen molar-refractivity contribution in [3.05, 3.63) is 29.6 Å². The van der Waals surface area contributed by atoms with Gasteiger partial charge in [0.15, 0.2) is 0 Å². The molecule has 3 heteroatoms. The molecular formula is C9H9FN2. The summed E-state index contributed by atoms with van der Waals surface area (Å²) >= 11 is 0. The normalized spacial score (nSPS) is 8.83. The van der Waals surface area contributed by atoms with Crippen LogP contribution in [0.3, 0.4) is 0 Å². The van der Waals surface area contributed by atoms with Crippen molar-refractivity contribution >= 4 is 5.69 Å². The third-order valence-electron chi connectivity index (χ3n) is 1.34. The zero-order valence-corrected chi connectivity index (χ0v) is 6.47. The number of rotatable bonds is 0. The van der Waals surface area contributed by atoms with Gasteiger partial charge in [0.25, 0.3) is 0 Å². The van der Waals surface area contributed by atoms with Crippen molar-refractivity contribution in [3.8, 4) is 11.8 Å². The molecule has 0 radical (unpaired) electrons. The second-order valence-electron chi connectivity index (χ2n) is 2.24. The number of nitrogen functional groups attached to an aromatic ring is 1. The minimum Gasteiger partial charge on any atom is -0.398 e. The van der Waals surface area contributed by atoms with E-state index in [0.717, 1.165) is 0 Å². The van der Waals surface area contributed by atoms with Crippen molar-refractivity contribution in [2.45, 2.75) is 0 Å². The topological polar surface area (TPSA) is 52.0 Å². The second kappa shape index (κ2) is 3.74. The molecule has 0 bridgehead atoms. The fourth-order valence-corrected chi connectivity index (χ4v) is 0.794. The van der Waals surface area contributed by atoms with E-state index in [9.17, 15) is 4.39 Å². The first kappa shape index (κ1) is 8.57. The van der Waals surface area contributed by atoms with Crippen molar-refractivity contribution < 1.29 is 4.39 Å². The lowest BCUT2D eigenvalue weighted by atomic mass is 10.2. The first-order valence-corrected chi connectivity index (χ1v) is 3.48. The highest BCUT2D eigenvalue weighted by molar-refractivity contribution is 5.55. The van der Waals surface area contributed by atoms with Gasteiger partial charge in [-0.25, -0.2) is 4.39 Å². The maximum Gasteiger partial charge on any atom is 0.125 e. The van der Waals surface area contributed by atoms with Crippen molar-refractivity contribution in [1.29, 1.82) is 0 Å². The van der Waals surface area contributed by atoms with Crippen LogP contribution in [0.1, 0.15) is 5.56 Å². The molecule has 0 saturated heterocycles. The van der Waals surface area contributed by atoms with Crippen LogP contribution in [-0.2, 0) is 0 Å². The molecule has 0 spiro atoms. The quantitative estimate of drug-likeness (QED) is 0.438. The lowest BCUT2D eigenvalue weighted by Gasteiger charge is -1.96. The smallest absolute Gasteiger partial charge is 0.125 e. The van der Waals surface area contributed by atoms with E-state index in [4.69, 9.17) is 11.5 Å². The monoisotopic (exact) mass is 164 g/mol. The van der Waals surface area contributed by atoms with Gasteiger partial charge in [0.2, 0.25) is 0 Å². The van der Waals surface area contributed by atoms with Gasteiger partial charge in [-0.05, 0) is 18.2 Å². The molecule has 0 aliphatic carbocycles. The standard InChI is InChI=1S/C9H9FN2/c10-8-4-3-7(2-1-5-11)9(12)6-8/h3-4,6H,5,11-12H2. The van der Waals surface area contributed by atoms with Crippen molar-refractivity contribution in [2.24, 2.45) is 5.73 Å². The summed E-state index contributed by atoms with van der Waals surface area (Å²) in [5, 5.41) is 0. The van der Waals surface area contributed by atoms with Crippen molar-refractivity contribution in [2.75, 3.05) is 12.3 Å². The van der Waals surface area contributed by atoms with Crippen LogP contribution in [0, 0.1) is 17.7 Å². The van der Waals surface area contributed by atoms with Crippen LogP contribution in [0.4, 0.5) is 10.1 Å². The Bertz CT molecular complexity index is 336. The molecule has 1 aromatic rings. The molecule has 2 nitrogen and oxygen atoms in total. The number of anilines is 1. The van der Waals surface area contributed by atoms with Crippen LogP contribution < -0.4 is 11.5 Å². The SMILES string of the molecule is NCC#Cc1ccc(F)cc1N. The third-order valence-corrected chi connectivity index (χ3v) is 1.34. The van der Waals surface area contributed by atoms with Crippen molar-refractivity contribution in [1.82, 2.24) is 0 Å². The van der Waals surface area contributed by atoms with Gasteiger partial charge >= 0.3 is 0 Å². The second-order valence-corrected chi connectivity index (χ2v) is 2.24. The predicted octanol–water partition coefficient (Wildman–Crippen LogP) is 0.718.